The standard InChI is InChI=1S/C19H26N2O2S2/c1-2-16-7-8-17(25-16)12-21(10-9-18(22)23)19-20-15(13-24-19)11-14-5-3-4-6-14/h7-8,13-14H,2-6,9-12H2,1H3,(H,22,23). The average molecular weight is 379 g/mol. The summed E-state index contributed by atoms with van der Waals surface area (Å²) in [5.74, 6) is 0.0278. The number of anilines is 1. The highest BCUT2D eigenvalue weighted by Gasteiger charge is 2.19. The molecule has 2 aromatic rings. The monoisotopic (exact) mass is 378 g/mol. The Morgan fingerprint density at radius 3 is 2.76 bits per heavy atom. The predicted molar refractivity (Wildman–Crippen MR) is 105 cm³/mol. The van der Waals surface area contributed by atoms with Gasteiger partial charge in [-0.2, -0.15) is 0 Å². The zero-order valence-corrected chi connectivity index (χ0v) is 16.4. The maximum absolute atomic E-state index is 11.0. The van der Waals surface area contributed by atoms with E-state index in [4.69, 9.17) is 10.1 Å². The number of rotatable bonds is 9. The van der Waals surface area contributed by atoms with Crippen LogP contribution >= 0.6 is 22.7 Å². The molecule has 3 rings (SSSR count). The lowest BCUT2D eigenvalue weighted by molar-refractivity contribution is -0.136. The van der Waals surface area contributed by atoms with Crippen molar-refractivity contribution < 1.29 is 9.90 Å². The third-order valence-electron chi connectivity index (χ3n) is 4.79. The van der Waals surface area contributed by atoms with Crippen molar-refractivity contribution in [2.45, 2.75) is 58.4 Å². The Morgan fingerprint density at radius 2 is 2.08 bits per heavy atom. The number of thiophene rings is 1. The number of aryl methyl sites for hydroxylation is 1. The summed E-state index contributed by atoms with van der Waals surface area (Å²) in [5, 5.41) is 12.2. The Balaban J connectivity index is 1.69. The summed E-state index contributed by atoms with van der Waals surface area (Å²) in [4.78, 5) is 20.6. The molecule has 1 aliphatic carbocycles. The zero-order chi connectivity index (χ0) is 17.6. The number of thiazole rings is 1. The molecule has 0 amide bonds. The Kier molecular flexibility index (Phi) is 6.48. The minimum Gasteiger partial charge on any atom is -0.481 e. The van der Waals surface area contributed by atoms with Gasteiger partial charge in [0.25, 0.3) is 0 Å². The van der Waals surface area contributed by atoms with Gasteiger partial charge in [-0.1, -0.05) is 32.6 Å². The van der Waals surface area contributed by atoms with Crippen LogP contribution in [0.3, 0.4) is 0 Å². The van der Waals surface area contributed by atoms with Gasteiger partial charge in [-0.15, -0.1) is 22.7 Å². The summed E-state index contributed by atoms with van der Waals surface area (Å²) >= 11 is 3.46. The third-order valence-corrected chi connectivity index (χ3v) is 6.96. The molecule has 0 aromatic carbocycles. The van der Waals surface area contributed by atoms with E-state index in [9.17, 15) is 4.79 Å². The molecule has 1 fully saturated rings. The van der Waals surface area contributed by atoms with Crippen LogP contribution in [0.25, 0.3) is 0 Å². The smallest absolute Gasteiger partial charge is 0.305 e. The number of hydrogen-bond donors (Lipinski definition) is 1. The van der Waals surface area contributed by atoms with E-state index in [1.165, 1.54) is 41.1 Å². The molecule has 0 aliphatic heterocycles. The lowest BCUT2D eigenvalue weighted by Gasteiger charge is -2.20. The van der Waals surface area contributed by atoms with Crippen LogP contribution in [-0.4, -0.2) is 22.6 Å². The molecule has 136 valence electrons. The van der Waals surface area contributed by atoms with Crippen molar-refractivity contribution in [2.75, 3.05) is 11.4 Å². The molecule has 0 bridgehead atoms. The van der Waals surface area contributed by atoms with Gasteiger partial charge in [0.1, 0.15) is 0 Å². The van der Waals surface area contributed by atoms with Gasteiger partial charge in [-0.05, 0) is 30.9 Å². The van der Waals surface area contributed by atoms with E-state index >= 15 is 0 Å². The largest absolute Gasteiger partial charge is 0.481 e. The Bertz CT molecular complexity index is 689. The molecule has 1 saturated carbocycles. The number of carboxylic acid groups (broad SMARTS) is 1. The van der Waals surface area contributed by atoms with Crippen molar-refractivity contribution in [1.29, 1.82) is 0 Å². The van der Waals surface area contributed by atoms with E-state index in [-0.39, 0.29) is 6.42 Å². The third kappa shape index (κ3) is 5.28. The number of carbonyl (C=O) groups is 1. The normalized spacial score (nSPS) is 14.9. The summed E-state index contributed by atoms with van der Waals surface area (Å²) < 4.78 is 0. The van der Waals surface area contributed by atoms with Crippen molar-refractivity contribution >= 4 is 33.8 Å². The lowest BCUT2D eigenvalue weighted by Crippen LogP contribution is -2.25. The van der Waals surface area contributed by atoms with Crippen molar-refractivity contribution in [3.8, 4) is 0 Å². The van der Waals surface area contributed by atoms with Gasteiger partial charge in [-0.25, -0.2) is 4.98 Å². The maximum atomic E-state index is 11.0. The lowest BCUT2D eigenvalue weighted by atomic mass is 10.0. The fraction of sp³-hybridized carbons (Fsp3) is 0.579. The fourth-order valence-corrected chi connectivity index (χ4v) is 5.24. The quantitative estimate of drug-likeness (QED) is 0.668. The molecule has 0 unspecified atom stereocenters. The fourth-order valence-electron chi connectivity index (χ4n) is 3.40. The summed E-state index contributed by atoms with van der Waals surface area (Å²) in [7, 11) is 0. The van der Waals surface area contributed by atoms with Crippen LogP contribution in [0.2, 0.25) is 0 Å². The first-order valence-corrected chi connectivity index (χ1v) is 10.8. The average Bonchev–Trinajstić information content (AvgIpc) is 3.33. The van der Waals surface area contributed by atoms with Crippen LogP contribution in [0, 0.1) is 5.92 Å². The maximum Gasteiger partial charge on any atom is 0.305 e. The van der Waals surface area contributed by atoms with Gasteiger partial charge >= 0.3 is 5.97 Å². The van der Waals surface area contributed by atoms with Crippen LogP contribution in [0.15, 0.2) is 17.5 Å². The van der Waals surface area contributed by atoms with E-state index in [0.29, 0.717) is 6.54 Å². The predicted octanol–water partition coefficient (Wildman–Crippen LogP) is 4.98. The van der Waals surface area contributed by atoms with Gasteiger partial charge in [-0.3, -0.25) is 4.79 Å². The van der Waals surface area contributed by atoms with Gasteiger partial charge in [0.2, 0.25) is 0 Å². The van der Waals surface area contributed by atoms with E-state index in [1.54, 1.807) is 11.3 Å². The molecule has 25 heavy (non-hydrogen) atoms. The van der Waals surface area contributed by atoms with Crippen molar-refractivity contribution in [3.63, 3.8) is 0 Å². The van der Waals surface area contributed by atoms with Crippen LogP contribution in [0.4, 0.5) is 5.13 Å². The summed E-state index contributed by atoms with van der Waals surface area (Å²) in [6, 6.07) is 4.33. The zero-order valence-electron chi connectivity index (χ0n) is 14.7. The van der Waals surface area contributed by atoms with E-state index in [2.05, 4.69) is 29.3 Å². The first-order chi connectivity index (χ1) is 12.1. The van der Waals surface area contributed by atoms with Crippen molar-refractivity contribution in [2.24, 2.45) is 5.92 Å². The SMILES string of the molecule is CCc1ccc(CN(CCC(=O)O)c2nc(CC3CCCC3)cs2)s1. The molecule has 0 atom stereocenters. The minimum absolute atomic E-state index is 0.142. The summed E-state index contributed by atoms with van der Waals surface area (Å²) in [5.41, 5.74) is 1.17. The highest BCUT2D eigenvalue weighted by Crippen LogP contribution is 2.31. The molecule has 0 spiro atoms. The molecule has 1 N–H and O–H groups in total. The molecule has 1 aliphatic rings. The number of carboxylic acids is 1. The van der Waals surface area contributed by atoms with Gasteiger partial charge in [0.15, 0.2) is 5.13 Å². The first-order valence-electron chi connectivity index (χ1n) is 9.12. The Morgan fingerprint density at radius 1 is 1.32 bits per heavy atom. The van der Waals surface area contributed by atoms with Crippen LogP contribution in [0.5, 0.6) is 0 Å². The van der Waals surface area contributed by atoms with Crippen LogP contribution < -0.4 is 4.90 Å². The molecule has 2 heterocycles. The number of nitrogens with zero attached hydrogens (tertiary/aromatic N) is 2. The molecule has 0 radical (unpaired) electrons. The van der Waals surface area contributed by atoms with Gasteiger partial charge in [0, 0.05) is 21.7 Å². The molecule has 2 aromatic heterocycles. The first kappa shape index (κ1) is 18.4. The minimum atomic E-state index is -0.756. The van der Waals surface area contributed by atoms with Gasteiger partial charge in [0.05, 0.1) is 18.7 Å². The van der Waals surface area contributed by atoms with E-state index in [0.717, 1.165) is 30.4 Å². The molecule has 4 nitrogen and oxygen atoms in total. The molecule has 0 saturated heterocycles. The second-order valence-electron chi connectivity index (χ2n) is 6.76. The van der Waals surface area contributed by atoms with Crippen molar-refractivity contribution in [1.82, 2.24) is 4.98 Å². The van der Waals surface area contributed by atoms with E-state index < -0.39 is 5.97 Å². The molecular formula is C19H26N2O2S2. The highest BCUT2D eigenvalue weighted by atomic mass is 32.1. The van der Waals surface area contributed by atoms with Crippen LogP contribution in [-0.2, 0) is 24.2 Å². The second kappa shape index (κ2) is 8.81. The molecule has 6 heteroatoms. The number of hydrogen-bond acceptors (Lipinski definition) is 5. The molecular weight excluding hydrogens is 352 g/mol. The number of aliphatic carboxylic acids is 1. The van der Waals surface area contributed by atoms with Gasteiger partial charge < -0.3 is 10.0 Å². The number of aromatic nitrogens is 1. The summed E-state index contributed by atoms with van der Waals surface area (Å²) in [6.07, 6.45) is 7.61. The van der Waals surface area contributed by atoms with Crippen LogP contribution in [0.1, 0.15) is 54.5 Å². The topological polar surface area (TPSA) is 53.4 Å². The second-order valence-corrected chi connectivity index (χ2v) is 8.85. The Labute approximate surface area is 157 Å². The van der Waals surface area contributed by atoms with E-state index in [1.807, 2.05) is 11.3 Å². The highest BCUT2D eigenvalue weighted by molar-refractivity contribution is 7.14. The van der Waals surface area contributed by atoms with Crippen molar-refractivity contribution in [3.05, 3.63) is 33.0 Å². The summed E-state index contributed by atoms with van der Waals surface area (Å²) in [6.45, 7) is 3.41. The Hall–Kier alpha value is -1.40.